The Bertz CT molecular complexity index is 718. The molecule has 0 saturated heterocycles. The third-order valence-electron chi connectivity index (χ3n) is 4.95. The van der Waals surface area contributed by atoms with E-state index in [2.05, 4.69) is 4.72 Å². The van der Waals surface area contributed by atoms with Gasteiger partial charge in [-0.1, -0.05) is 18.0 Å². The minimum atomic E-state index is -3.74. The van der Waals surface area contributed by atoms with Crippen molar-refractivity contribution in [1.29, 1.82) is 0 Å². The van der Waals surface area contributed by atoms with Crippen LogP contribution in [0.2, 0.25) is 5.02 Å². The Morgan fingerprint density at radius 2 is 2.00 bits per heavy atom. The highest BCUT2D eigenvalue weighted by atomic mass is 35.5. The molecule has 2 aliphatic carbocycles. The molecule has 1 aromatic carbocycles. The van der Waals surface area contributed by atoms with E-state index >= 15 is 0 Å². The molecular weight excluding hydrogens is 326 g/mol. The smallest absolute Gasteiger partial charge is 0.308 e. The molecule has 7 heteroatoms. The first-order valence-corrected chi connectivity index (χ1v) is 9.18. The molecule has 0 unspecified atom stereocenters. The van der Waals surface area contributed by atoms with Crippen LogP contribution in [-0.2, 0) is 14.8 Å². The molecule has 5 nitrogen and oxygen atoms in total. The fourth-order valence-electron chi connectivity index (χ4n) is 3.83. The number of hydrogen-bond acceptors (Lipinski definition) is 3. The van der Waals surface area contributed by atoms with Crippen molar-refractivity contribution < 1.29 is 18.3 Å². The number of carbonyl (C=O) groups is 1. The number of aryl methyl sites for hydroxylation is 1. The van der Waals surface area contributed by atoms with Gasteiger partial charge in [-0.05, 0) is 55.4 Å². The SMILES string of the molecule is Cc1cc(S(=O)(=O)N[C@H]2[C@@H]3CCC[C@@H]3[C@@H]2C(=O)O)ccc1Cl. The number of hydrogen-bond donors (Lipinski definition) is 2. The van der Waals surface area contributed by atoms with Gasteiger partial charge in [0.2, 0.25) is 10.0 Å². The number of carboxylic acid groups (broad SMARTS) is 1. The fraction of sp³-hybridized carbons (Fsp3) is 0.533. The Hall–Kier alpha value is -1.11. The Morgan fingerprint density at radius 3 is 2.64 bits per heavy atom. The van der Waals surface area contributed by atoms with Crippen molar-refractivity contribution in [2.45, 2.75) is 37.1 Å². The molecule has 3 rings (SSSR count). The largest absolute Gasteiger partial charge is 0.481 e. The topological polar surface area (TPSA) is 83.5 Å². The third-order valence-corrected chi connectivity index (χ3v) is 6.83. The van der Waals surface area contributed by atoms with E-state index in [9.17, 15) is 18.3 Å². The van der Waals surface area contributed by atoms with Crippen molar-refractivity contribution in [3.8, 4) is 0 Å². The van der Waals surface area contributed by atoms with Gasteiger partial charge in [0.05, 0.1) is 10.8 Å². The molecule has 0 aromatic heterocycles. The highest BCUT2D eigenvalue weighted by Crippen LogP contribution is 2.51. The van der Waals surface area contributed by atoms with Crippen LogP contribution in [0.5, 0.6) is 0 Å². The summed E-state index contributed by atoms with van der Waals surface area (Å²) in [4.78, 5) is 11.5. The van der Waals surface area contributed by atoms with Crippen LogP contribution in [0.1, 0.15) is 24.8 Å². The molecule has 2 fully saturated rings. The zero-order valence-corrected chi connectivity index (χ0v) is 13.7. The van der Waals surface area contributed by atoms with Crippen molar-refractivity contribution in [2.75, 3.05) is 0 Å². The minimum absolute atomic E-state index is 0.108. The lowest BCUT2D eigenvalue weighted by molar-refractivity contribution is -0.152. The second-order valence-corrected chi connectivity index (χ2v) is 8.30. The van der Waals surface area contributed by atoms with Gasteiger partial charge in [-0.25, -0.2) is 13.1 Å². The number of halogens is 1. The molecule has 120 valence electrons. The number of aliphatic carboxylic acids is 1. The molecule has 0 heterocycles. The average molecular weight is 344 g/mol. The Balaban J connectivity index is 1.84. The number of rotatable bonds is 4. The number of carboxylic acids is 1. The summed E-state index contributed by atoms with van der Waals surface area (Å²) < 4.78 is 27.6. The van der Waals surface area contributed by atoms with Gasteiger partial charge in [0.25, 0.3) is 0 Å². The predicted molar refractivity (Wildman–Crippen MR) is 82.3 cm³/mol. The number of fused-ring (bicyclic) bond motifs is 1. The minimum Gasteiger partial charge on any atom is -0.481 e. The van der Waals surface area contributed by atoms with Gasteiger partial charge in [0, 0.05) is 11.1 Å². The quantitative estimate of drug-likeness (QED) is 0.879. The van der Waals surface area contributed by atoms with E-state index in [-0.39, 0.29) is 16.7 Å². The summed E-state index contributed by atoms with van der Waals surface area (Å²) >= 11 is 5.92. The Labute approximate surface area is 134 Å². The van der Waals surface area contributed by atoms with Crippen LogP contribution in [0, 0.1) is 24.7 Å². The van der Waals surface area contributed by atoms with Crippen LogP contribution < -0.4 is 4.72 Å². The molecule has 4 atom stereocenters. The summed E-state index contributed by atoms with van der Waals surface area (Å²) in [5, 5.41) is 9.85. The lowest BCUT2D eigenvalue weighted by atomic mass is 9.63. The summed E-state index contributed by atoms with van der Waals surface area (Å²) in [5.74, 6) is -1.28. The van der Waals surface area contributed by atoms with Gasteiger partial charge < -0.3 is 5.11 Å². The van der Waals surface area contributed by atoms with E-state index < -0.39 is 28.0 Å². The van der Waals surface area contributed by atoms with E-state index in [0.29, 0.717) is 10.6 Å². The van der Waals surface area contributed by atoms with E-state index in [4.69, 9.17) is 11.6 Å². The van der Waals surface area contributed by atoms with Gasteiger partial charge >= 0.3 is 5.97 Å². The molecule has 22 heavy (non-hydrogen) atoms. The van der Waals surface area contributed by atoms with Crippen LogP contribution in [0.3, 0.4) is 0 Å². The van der Waals surface area contributed by atoms with Crippen LogP contribution in [-0.4, -0.2) is 25.5 Å². The lowest BCUT2D eigenvalue weighted by Gasteiger charge is -2.46. The monoisotopic (exact) mass is 343 g/mol. The second kappa shape index (κ2) is 5.51. The van der Waals surface area contributed by atoms with Crippen molar-refractivity contribution >= 4 is 27.6 Å². The first-order valence-electron chi connectivity index (χ1n) is 7.32. The van der Waals surface area contributed by atoms with Gasteiger partial charge in [-0.3, -0.25) is 4.79 Å². The van der Waals surface area contributed by atoms with Crippen LogP contribution in [0.4, 0.5) is 0 Å². The van der Waals surface area contributed by atoms with Crippen LogP contribution >= 0.6 is 11.6 Å². The van der Waals surface area contributed by atoms with Gasteiger partial charge in [-0.15, -0.1) is 0 Å². The average Bonchev–Trinajstić information content (AvgIpc) is 2.82. The summed E-state index contributed by atoms with van der Waals surface area (Å²) in [6.45, 7) is 1.73. The summed E-state index contributed by atoms with van der Waals surface area (Å²) in [5.41, 5.74) is 0.673. The molecule has 2 saturated carbocycles. The molecule has 0 spiro atoms. The van der Waals surface area contributed by atoms with Crippen molar-refractivity contribution in [3.63, 3.8) is 0 Å². The summed E-state index contributed by atoms with van der Waals surface area (Å²) in [7, 11) is -3.74. The summed E-state index contributed by atoms with van der Waals surface area (Å²) in [6.07, 6.45) is 2.73. The first kappa shape index (κ1) is 15.8. The number of benzene rings is 1. The molecular formula is C15H18ClNO4S. The molecule has 1 aromatic rings. The van der Waals surface area contributed by atoms with E-state index in [1.165, 1.54) is 12.1 Å². The lowest BCUT2D eigenvalue weighted by Crippen LogP contribution is -2.60. The Morgan fingerprint density at radius 1 is 1.32 bits per heavy atom. The second-order valence-electron chi connectivity index (χ2n) is 6.18. The molecule has 0 amide bonds. The standard InChI is InChI=1S/C15H18ClNO4S/c1-8-7-9(5-6-12(8)16)22(20,21)17-14-11-4-2-3-10(11)13(14)15(18)19/h5-7,10-11,13-14,17H,2-4H2,1H3,(H,18,19)/t10-,11+,13-,14-/m0/s1. The molecule has 0 radical (unpaired) electrons. The van der Waals surface area contributed by atoms with Crippen molar-refractivity contribution in [3.05, 3.63) is 28.8 Å². The zero-order chi connectivity index (χ0) is 16.1. The predicted octanol–water partition coefficient (Wildman–Crippen LogP) is 2.43. The van der Waals surface area contributed by atoms with Crippen molar-refractivity contribution in [2.24, 2.45) is 17.8 Å². The van der Waals surface area contributed by atoms with Crippen LogP contribution in [0.25, 0.3) is 0 Å². The molecule has 2 N–H and O–H groups in total. The van der Waals surface area contributed by atoms with Crippen molar-refractivity contribution in [1.82, 2.24) is 4.72 Å². The molecule has 0 aliphatic heterocycles. The van der Waals surface area contributed by atoms with Gasteiger partial charge in [-0.2, -0.15) is 0 Å². The number of nitrogens with one attached hydrogen (secondary N) is 1. The molecule has 2 aliphatic rings. The number of sulfonamides is 1. The Kier molecular flexibility index (Phi) is 3.95. The third kappa shape index (κ3) is 2.53. The maximum atomic E-state index is 12.5. The first-order chi connectivity index (χ1) is 10.3. The maximum Gasteiger partial charge on any atom is 0.308 e. The highest BCUT2D eigenvalue weighted by Gasteiger charge is 2.56. The summed E-state index contributed by atoms with van der Waals surface area (Å²) in [6, 6.07) is 3.98. The maximum absolute atomic E-state index is 12.5. The van der Waals surface area contributed by atoms with Crippen LogP contribution in [0.15, 0.2) is 23.1 Å². The molecule has 0 bridgehead atoms. The zero-order valence-electron chi connectivity index (χ0n) is 12.1. The normalized spacial score (nSPS) is 30.6. The van der Waals surface area contributed by atoms with E-state index in [1.54, 1.807) is 13.0 Å². The van der Waals surface area contributed by atoms with Gasteiger partial charge in [0.1, 0.15) is 0 Å². The van der Waals surface area contributed by atoms with E-state index in [1.807, 2.05) is 0 Å². The fourth-order valence-corrected chi connectivity index (χ4v) is 5.34. The van der Waals surface area contributed by atoms with Gasteiger partial charge in [0.15, 0.2) is 0 Å². The highest BCUT2D eigenvalue weighted by molar-refractivity contribution is 7.89. The van der Waals surface area contributed by atoms with E-state index in [0.717, 1.165) is 19.3 Å².